The Morgan fingerprint density at radius 1 is 0.254 bits per heavy atom. The maximum absolute atomic E-state index is 12.8. The SMILES string of the molecule is CCCCCCCCCCCCCCCCC[13C](=O)OCC(CO[13C](=O)CCCCCCCCCCCCCCCCC)O[13C](=O)CCCCCCCCCCCCCCCCC. The fraction of sp³-hybridized carbons (Fsp3) is 0.947. The largest absolute Gasteiger partial charge is 0.462 e. The van der Waals surface area contributed by atoms with Crippen LogP contribution in [0, 0.1) is 0 Å². The molecule has 63 heavy (non-hydrogen) atoms. The summed E-state index contributed by atoms with van der Waals surface area (Å²) in [6.07, 6.45) is 58.0. The Morgan fingerprint density at radius 3 is 0.635 bits per heavy atom. The van der Waals surface area contributed by atoms with Crippen LogP contribution in [0.25, 0.3) is 0 Å². The van der Waals surface area contributed by atoms with Gasteiger partial charge in [0.05, 0.1) is 0 Å². The fourth-order valence-corrected chi connectivity index (χ4v) is 8.80. The molecule has 0 bridgehead atoms. The molecule has 0 rings (SSSR count). The zero-order valence-corrected chi connectivity index (χ0v) is 42.9. The number of unbranched alkanes of at least 4 members (excludes halogenated alkanes) is 42. The topological polar surface area (TPSA) is 78.9 Å². The Morgan fingerprint density at radius 2 is 0.429 bits per heavy atom. The summed E-state index contributed by atoms with van der Waals surface area (Å²) in [5.41, 5.74) is 0. The van der Waals surface area contributed by atoms with Gasteiger partial charge in [0, 0.05) is 19.3 Å². The van der Waals surface area contributed by atoms with Crippen LogP contribution >= 0.6 is 0 Å². The molecule has 0 aliphatic rings. The van der Waals surface area contributed by atoms with Gasteiger partial charge in [-0.15, -0.1) is 0 Å². The molecular formula is C57H110O6. The first kappa shape index (κ1) is 61.4. The lowest BCUT2D eigenvalue weighted by Crippen LogP contribution is -2.30. The minimum Gasteiger partial charge on any atom is -0.462 e. The molecule has 6 heteroatoms. The molecule has 0 aliphatic carbocycles. The number of rotatable bonds is 53. The second kappa shape index (κ2) is 53.0. The summed E-state index contributed by atoms with van der Waals surface area (Å²) < 4.78 is 16.9. The average Bonchev–Trinajstić information content (AvgIpc) is 3.28. The fourth-order valence-electron chi connectivity index (χ4n) is 8.80. The van der Waals surface area contributed by atoms with Gasteiger partial charge in [-0.1, -0.05) is 290 Å². The summed E-state index contributed by atoms with van der Waals surface area (Å²) >= 11 is 0. The van der Waals surface area contributed by atoms with Gasteiger partial charge < -0.3 is 14.2 Å². The van der Waals surface area contributed by atoms with E-state index in [-0.39, 0.29) is 31.1 Å². The molecule has 374 valence electrons. The first-order chi connectivity index (χ1) is 31.0. The molecular weight excluding hydrogens is 784 g/mol. The predicted molar refractivity (Wildman–Crippen MR) is 270 cm³/mol. The van der Waals surface area contributed by atoms with Crippen LogP contribution < -0.4 is 0 Å². The van der Waals surface area contributed by atoms with E-state index >= 15 is 0 Å². The summed E-state index contributed by atoms with van der Waals surface area (Å²) in [6.45, 7) is 6.71. The van der Waals surface area contributed by atoms with Crippen LogP contribution in [0.2, 0.25) is 0 Å². The first-order valence-electron chi connectivity index (χ1n) is 28.5. The number of carbonyl (C=O) groups excluding carboxylic acids is 3. The lowest BCUT2D eigenvalue weighted by Gasteiger charge is -2.18. The molecule has 0 aromatic carbocycles. The molecule has 0 aliphatic heterocycles. The quantitative estimate of drug-likeness (QED) is 0.0262. The zero-order chi connectivity index (χ0) is 45.8. The molecule has 0 spiro atoms. The lowest BCUT2D eigenvalue weighted by atomic mass is 10.0. The van der Waals surface area contributed by atoms with E-state index in [1.807, 2.05) is 0 Å². The molecule has 0 heterocycles. The van der Waals surface area contributed by atoms with Crippen molar-refractivity contribution in [2.45, 2.75) is 335 Å². The molecule has 6 nitrogen and oxygen atoms in total. The molecule has 0 fully saturated rings. The van der Waals surface area contributed by atoms with Gasteiger partial charge in [-0.25, -0.2) is 0 Å². The highest BCUT2D eigenvalue weighted by molar-refractivity contribution is 5.71. The molecule has 0 radical (unpaired) electrons. The number of hydrogen-bond acceptors (Lipinski definition) is 6. The highest BCUT2D eigenvalue weighted by Gasteiger charge is 2.19. The molecule has 0 aromatic heterocycles. The van der Waals surface area contributed by atoms with Gasteiger partial charge in [-0.05, 0) is 19.3 Å². The van der Waals surface area contributed by atoms with E-state index in [1.54, 1.807) is 0 Å². The molecule has 0 unspecified atom stereocenters. The Bertz CT molecular complexity index is 886. The standard InChI is InChI=1S/C57H110O6/c1-4-7-10-13-16-19-22-25-28-31-34-37-40-43-46-49-55(58)61-52-54(63-57(60)51-48-45-42-39-36-33-30-27-24-21-18-15-12-9-6-3)53-62-56(59)50-47-44-41-38-35-32-29-26-23-20-17-14-11-8-5-2/h54H,4-53H2,1-3H3/i55+1,56+1,57+1. The van der Waals surface area contributed by atoms with Gasteiger partial charge in [0.25, 0.3) is 0 Å². The smallest absolute Gasteiger partial charge is 0.306 e. The second-order valence-electron chi connectivity index (χ2n) is 19.6. The normalized spacial score (nSPS) is 11.4. The molecule has 0 N–H and O–H groups in total. The Kier molecular flexibility index (Phi) is 51.7. The van der Waals surface area contributed by atoms with Gasteiger partial charge in [0.2, 0.25) is 0 Å². The molecule has 0 saturated heterocycles. The Balaban J connectivity index is 4.30. The van der Waals surface area contributed by atoms with Crippen molar-refractivity contribution in [2.75, 3.05) is 13.2 Å². The summed E-state index contributed by atoms with van der Waals surface area (Å²) in [5, 5.41) is 0. The summed E-state index contributed by atoms with van der Waals surface area (Å²) in [5.74, 6) is -0.832. The van der Waals surface area contributed by atoms with Crippen molar-refractivity contribution >= 4 is 17.9 Å². The van der Waals surface area contributed by atoms with Gasteiger partial charge >= 0.3 is 17.9 Å². The highest BCUT2D eigenvalue weighted by atomic mass is 16.7. The summed E-state index contributed by atoms with van der Waals surface area (Å²) in [7, 11) is 0. The second-order valence-corrected chi connectivity index (χ2v) is 19.6. The van der Waals surface area contributed by atoms with Crippen molar-refractivity contribution in [1.29, 1.82) is 0 Å². The van der Waals surface area contributed by atoms with Crippen LogP contribution in [-0.4, -0.2) is 37.2 Å². The van der Waals surface area contributed by atoms with Crippen LogP contribution in [0.15, 0.2) is 0 Å². The van der Waals surface area contributed by atoms with Crippen LogP contribution in [0.5, 0.6) is 0 Å². The number of hydrogen-bond donors (Lipinski definition) is 0. The van der Waals surface area contributed by atoms with E-state index in [0.29, 0.717) is 19.3 Å². The maximum Gasteiger partial charge on any atom is 0.306 e. The van der Waals surface area contributed by atoms with E-state index in [4.69, 9.17) is 14.2 Å². The van der Waals surface area contributed by atoms with Crippen molar-refractivity contribution < 1.29 is 28.6 Å². The van der Waals surface area contributed by atoms with Crippen molar-refractivity contribution in [2.24, 2.45) is 0 Å². The van der Waals surface area contributed by atoms with E-state index in [1.165, 1.54) is 231 Å². The number of ether oxygens (including phenoxy) is 3. The van der Waals surface area contributed by atoms with E-state index in [2.05, 4.69) is 20.8 Å². The third-order valence-corrected chi connectivity index (χ3v) is 13.1. The van der Waals surface area contributed by atoms with E-state index < -0.39 is 6.10 Å². The van der Waals surface area contributed by atoms with Crippen molar-refractivity contribution in [3.05, 3.63) is 0 Å². The lowest BCUT2D eigenvalue weighted by molar-refractivity contribution is -0.167. The van der Waals surface area contributed by atoms with Crippen LogP contribution in [0.1, 0.15) is 329 Å². The maximum atomic E-state index is 12.8. The number of carbonyl (C=O) groups is 3. The zero-order valence-electron chi connectivity index (χ0n) is 42.9. The van der Waals surface area contributed by atoms with Crippen LogP contribution in [-0.2, 0) is 28.6 Å². The Labute approximate surface area is 393 Å². The molecule has 0 atom stereocenters. The van der Waals surface area contributed by atoms with Gasteiger partial charge in [0.1, 0.15) is 13.2 Å². The Hall–Kier alpha value is -1.59. The van der Waals surface area contributed by atoms with Gasteiger partial charge in [0.15, 0.2) is 6.10 Å². The minimum absolute atomic E-state index is 0.0611. The van der Waals surface area contributed by atoms with Crippen molar-refractivity contribution in [1.82, 2.24) is 0 Å². The predicted octanol–water partition coefficient (Wildman–Crippen LogP) is 18.8. The summed E-state index contributed by atoms with van der Waals surface area (Å²) in [6, 6.07) is 0. The van der Waals surface area contributed by atoms with Gasteiger partial charge in [-0.2, -0.15) is 0 Å². The number of esters is 3. The van der Waals surface area contributed by atoms with Crippen molar-refractivity contribution in [3.8, 4) is 0 Å². The van der Waals surface area contributed by atoms with Crippen molar-refractivity contribution in [3.63, 3.8) is 0 Å². The monoisotopic (exact) mass is 894 g/mol. The van der Waals surface area contributed by atoms with E-state index in [9.17, 15) is 14.4 Å². The van der Waals surface area contributed by atoms with Crippen LogP contribution in [0.4, 0.5) is 0 Å². The summed E-state index contributed by atoms with van der Waals surface area (Å²) in [4.78, 5) is 38.1. The van der Waals surface area contributed by atoms with Crippen LogP contribution in [0.3, 0.4) is 0 Å². The molecule has 0 aromatic rings. The minimum atomic E-state index is -0.760. The highest BCUT2D eigenvalue weighted by Crippen LogP contribution is 2.17. The molecule has 0 amide bonds. The molecule has 0 saturated carbocycles. The average molecular weight is 894 g/mol. The van der Waals surface area contributed by atoms with E-state index in [0.717, 1.165) is 57.8 Å². The van der Waals surface area contributed by atoms with Gasteiger partial charge in [-0.3, -0.25) is 14.4 Å². The first-order valence-corrected chi connectivity index (χ1v) is 28.5. The third-order valence-electron chi connectivity index (χ3n) is 13.1. The third kappa shape index (κ3) is 51.3.